The minimum atomic E-state index is -3.54. The molecule has 0 radical (unpaired) electrons. The minimum absolute atomic E-state index is 0.252. The van der Waals surface area contributed by atoms with Crippen molar-refractivity contribution in [1.82, 2.24) is 18.9 Å². The van der Waals surface area contributed by atoms with E-state index in [2.05, 4.69) is 10.1 Å². The molecule has 8 nitrogen and oxygen atoms in total. The summed E-state index contributed by atoms with van der Waals surface area (Å²) < 4.78 is 28.7. The zero-order valence-electron chi connectivity index (χ0n) is 17.4. The van der Waals surface area contributed by atoms with Crippen LogP contribution in [0.3, 0.4) is 0 Å². The van der Waals surface area contributed by atoms with Gasteiger partial charge in [-0.15, -0.1) is 0 Å². The van der Waals surface area contributed by atoms with E-state index in [1.165, 1.54) is 26.2 Å². The molecule has 2 aromatic heterocycles. The summed E-state index contributed by atoms with van der Waals surface area (Å²) in [6, 6.07) is 18.0. The third kappa shape index (κ3) is 3.81. The summed E-state index contributed by atoms with van der Waals surface area (Å²) >= 11 is 1.35. The molecular formula is C22H21N5O3S2. The van der Waals surface area contributed by atoms with Crippen LogP contribution in [0.25, 0.3) is 15.5 Å². The second-order valence-electron chi connectivity index (χ2n) is 7.62. The lowest BCUT2D eigenvalue weighted by molar-refractivity contribution is 0.384. The highest BCUT2D eigenvalue weighted by atomic mass is 32.2. The molecule has 1 aliphatic heterocycles. The van der Waals surface area contributed by atoms with Crippen LogP contribution in [0.5, 0.6) is 0 Å². The number of sulfonamides is 1. The van der Waals surface area contributed by atoms with Crippen molar-refractivity contribution >= 4 is 32.1 Å². The van der Waals surface area contributed by atoms with Gasteiger partial charge in [0.05, 0.1) is 4.90 Å². The first-order valence-electron chi connectivity index (χ1n) is 10.2. The number of anilines is 1. The molecule has 1 aliphatic rings. The predicted molar refractivity (Wildman–Crippen MR) is 125 cm³/mol. The standard InChI is InChI=1S/C22H21N5O3S2/c1-16-7-9-18(10-8-16)32(29,30)26-13-11-25(12-14-26)19-15-20(28)27-22(23-19)31-21(24-27)17-5-3-2-4-6-17/h2-10,15H,11-14H2,1H3. The van der Waals surface area contributed by atoms with Gasteiger partial charge < -0.3 is 4.90 Å². The number of fused-ring (bicyclic) bond motifs is 1. The highest BCUT2D eigenvalue weighted by Crippen LogP contribution is 2.25. The number of hydrogen-bond donors (Lipinski definition) is 0. The summed E-state index contributed by atoms with van der Waals surface area (Å²) in [5.74, 6) is 0.547. The zero-order chi connectivity index (χ0) is 22.3. The van der Waals surface area contributed by atoms with Gasteiger partial charge in [-0.05, 0) is 19.1 Å². The van der Waals surface area contributed by atoms with E-state index in [4.69, 9.17) is 0 Å². The first-order valence-corrected chi connectivity index (χ1v) is 12.5. The predicted octanol–water partition coefficient (Wildman–Crippen LogP) is 2.64. The molecule has 0 amide bonds. The maximum atomic E-state index is 12.9. The molecule has 32 heavy (non-hydrogen) atoms. The first-order chi connectivity index (χ1) is 15.4. The van der Waals surface area contributed by atoms with Gasteiger partial charge >= 0.3 is 0 Å². The Kier molecular flexibility index (Phi) is 5.28. The molecule has 0 unspecified atom stereocenters. The number of aromatic nitrogens is 3. The van der Waals surface area contributed by atoms with Gasteiger partial charge in [-0.3, -0.25) is 4.79 Å². The molecular weight excluding hydrogens is 446 g/mol. The molecule has 5 rings (SSSR count). The van der Waals surface area contributed by atoms with Crippen LogP contribution in [0.4, 0.5) is 5.82 Å². The van der Waals surface area contributed by atoms with Crippen molar-refractivity contribution in [3.05, 3.63) is 76.6 Å². The zero-order valence-corrected chi connectivity index (χ0v) is 19.0. The molecule has 0 saturated carbocycles. The molecule has 10 heteroatoms. The summed E-state index contributed by atoms with van der Waals surface area (Å²) in [5.41, 5.74) is 1.69. The van der Waals surface area contributed by atoms with E-state index in [0.29, 0.717) is 41.9 Å². The Morgan fingerprint density at radius 1 is 0.938 bits per heavy atom. The lowest BCUT2D eigenvalue weighted by Gasteiger charge is -2.34. The Bertz CT molecular complexity index is 1420. The van der Waals surface area contributed by atoms with Gasteiger partial charge in [0.15, 0.2) is 0 Å². The molecule has 164 valence electrons. The van der Waals surface area contributed by atoms with Crippen molar-refractivity contribution < 1.29 is 8.42 Å². The van der Waals surface area contributed by atoms with Crippen molar-refractivity contribution in [1.29, 1.82) is 0 Å². The van der Waals surface area contributed by atoms with E-state index in [0.717, 1.165) is 16.1 Å². The number of benzene rings is 2. The third-order valence-electron chi connectivity index (χ3n) is 5.47. The number of aryl methyl sites for hydroxylation is 1. The quantitative estimate of drug-likeness (QED) is 0.459. The van der Waals surface area contributed by atoms with Crippen molar-refractivity contribution in [2.75, 3.05) is 31.1 Å². The van der Waals surface area contributed by atoms with Gasteiger partial charge in [0, 0.05) is 37.8 Å². The lowest BCUT2D eigenvalue weighted by atomic mass is 10.2. The highest BCUT2D eigenvalue weighted by molar-refractivity contribution is 7.89. The van der Waals surface area contributed by atoms with Gasteiger partial charge in [0.2, 0.25) is 15.0 Å². The molecule has 0 spiro atoms. The largest absolute Gasteiger partial charge is 0.354 e. The molecule has 0 N–H and O–H groups in total. The normalized spacial score (nSPS) is 15.3. The van der Waals surface area contributed by atoms with E-state index >= 15 is 0 Å². The number of piperazine rings is 1. The van der Waals surface area contributed by atoms with Crippen molar-refractivity contribution in [2.24, 2.45) is 0 Å². The maximum Gasteiger partial charge on any atom is 0.277 e. The van der Waals surface area contributed by atoms with E-state index in [1.807, 2.05) is 42.2 Å². The van der Waals surface area contributed by atoms with E-state index in [1.54, 1.807) is 24.3 Å². The monoisotopic (exact) mass is 467 g/mol. The van der Waals surface area contributed by atoms with Crippen molar-refractivity contribution in [3.63, 3.8) is 0 Å². The minimum Gasteiger partial charge on any atom is -0.354 e. The van der Waals surface area contributed by atoms with Crippen LogP contribution < -0.4 is 10.5 Å². The summed E-state index contributed by atoms with van der Waals surface area (Å²) in [7, 11) is -3.54. The fraction of sp³-hybridized carbons (Fsp3) is 0.227. The van der Waals surface area contributed by atoms with Gasteiger partial charge in [-0.1, -0.05) is 59.4 Å². The molecule has 0 bridgehead atoms. The molecule has 1 fully saturated rings. The van der Waals surface area contributed by atoms with Gasteiger partial charge in [-0.25, -0.2) is 13.4 Å². The van der Waals surface area contributed by atoms with Gasteiger partial charge in [-0.2, -0.15) is 13.9 Å². The number of nitrogens with zero attached hydrogens (tertiary/aromatic N) is 5. The SMILES string of the molecule is Cc1ccc(S(=O)(=O)N2CCN(c3cc(=O)n4nc(-c5ccccc5)sc4n3)CC2)cc1. The summed E-state index contributed by atoms with van der Waals surface area (Å²) in [6.07, 6.45) is 0. The molecule has 3 heterocycles. The third-order valence-corrected chi connectivity index (χ3v) is 8.34. The number of rotatable bonds is 4. The van der Waals surface area contributed by atoms with Crippen LogP contribution in [-0.2, 0) is 10.0 Å². The molecule has 0 atom stereocenters. The summed E-state index contributed by atoms with van der Waals surface area (Å²) in [6.45, 7) is 3.49. The summed E-state index contributed by atoms with van der Waals surface area (Å²) in [5, 5.41) is 5.13. The van der Waals surface area contributed by atoms with Crippen molar-refractivity contribution in [3.8, 4) is 10.6 Å². The van der Waals surface area contributed by atoms with Crippen LogP contribution in [-0.4, -0.2) is 53.5 Å². The van der Waals surface area contributed by atoms with E-state index in [-0.39, 0.29) is 5.56 Å². The van der Waals surface area contributed by atoms with Crippen LogP contribution in [0, 0.1) is 6.92 Å². The van der Waals surface area contributed by atoms with Crippen LogP contribution >= 0.6 is 11.3 Å². The van der Waals surface area contributed by atoms with Crippen molar-refractivity contribution in [2.45, 2.75) is 11.8 Å². The molecule has 4 aromatic rings. The van der Waals surface area contributed by atoms with Crippen LogP contribution in [0.2, 0.25) is 0 Å². The smallest absolute Gasteiger partial charge is 0.277 e. The Balaban J connectivity index is 1.37. The number of hydrogen-bond acceptors (Lipinski definition) is 7. The second-order valence-corrected chi connectivity index (χ2v) is 10.5. The second kappa shape index (κ2) is 8.12. The van der Waals surface area contributed by atoms with Gasteiger partial charge in [0.25, 0.3) is 5.56 Å². The van der Waals surface area contributed by atoms with Gasteiger partial charge in [0.1, 0.15) is 10.8 Å². The van der Waals surface area contributed by atoms with E-state index in [9.17, 15) is 13.2 Å². The Morgan fingerprint density at radius 3 is 2.31 bits per heavy atom. The topological polar surface area (TPSA) is 87.9 Å². The fourth-order valence-corrected chi connectivity index (χ4v) is 6.00. The van der Waals surface area contributed by atoms with E-state index < -0.39 is 10.0 Å². The molecule has 2 aromatic carbocycles. The first kappa shape index (κ1) is 20.8. The highest BCUT2D eigenvalue weighted by Gasteiger charge is 2.29. The van der Waals surface area contributed by atoms with Crippen LogP contribution in [0.15, 0.2) is 70.4 Å². The summed E-state index contributed by atoms with van der Waals surface area (Å²) in [4.78, 5) is 20.1. The maximum absolute atomic E-state index is 12.9. The Morgan fingerprint density at radius 2 is 1.62 bits per heavy atom. The molecule has 0 aliphatic carbocycles. The Hall–Kier alpha value is -3.08. The average molecular weight is 468 g/mol. The average Bonchev–Trinajstić information content (AvgIpc) is 3.25. The lowest BCUT2D eigenvalue weighted by Crippen LogP contribution is -2.49. The molecule has 1 saturated heterocycles. The van der Waals surface area contributed by atoms with Crippen LogP contribution in [0.1, 0.15) is 5.56 Å². The fourth-order valence-electron chi connectivity index (χ4n) is 3.68. The Labute approximate surface area is 189 Å².